The molecule has 0 fully saturated rings. The molecule has 16 heavy (non-hydrogen) atoms. The highest BCUT2D eigenvalue weighted by Gasteiger charge is 2.35. The summed E-state index contributed by atoms with van der Waals surface area (Å²) >= 11 is 5.56. The molecule has 0 bridgehead atoms. The van der Waals surface area contributed by atoms with Gasteiger partial charge in [0.05, 0.1) is 5.69 Å². The van der Waals surface area contributed by atoms with Crippen molar-refractivity contribution in [2.24, 2.45) is 0 Å². The Kier molecular flexibility index (Phi) is 3.77. The Balaban J connectivity index is 2.94. The van der Waals surface area contributed by atoms with Crippen molar-refractivity contribution in [3.63, 3.8) is 0 Å². The highest BCUT2D eigenvalue weighted by molar-refractivity contribution is 6.30. The molecule has 0 radical (unpaired) electrons. The minimum atomic E-state index is -4.93. The fourth-order valence-corrected chi connectivity index (χ4v) is 1.10. The van der Waals surface area contributed by atoms with Crippen LogP contribution < -0.4 is 5.06 Å². The number of rotatable bonds is 2. The Morgan fingerprint density at radius 2 is 1.81 bits per heavy atom. The van der Waals surface area contributed by atoms with Gasteiger partial charge in [-0.3, -0.25) is 4.79 Å². The van der Waals surface area contributed by atoms with Gasteiger partial charge in [-0.2, -0.15) is 9.90 Å². The molecular weight excluding hydrogens is 247 g/mol. The normalized spacial score (nSPS) is 11.3. The smallest absolute Gasteiger partial charge is 0.273 e. The van der Waals surface area contributed by atoms with Crippen LogP contribution in [0.2, 0.25) is 5.02 Å². The first-order chi connectivity index (χ1) is 7.29. The summed E-state index contributed by atoms with van der Waals surface area (Å²) in [6, 6.07) is 5.20. The van der Waals surface area contributed by atoms with Gasteiger partial charge in [-0.15, -0.1) is 13.2 Å². The van der Waals surface area contributed by atoms with Crippen molar-refractivity contribution in [1.82, 2.24) is 0 Å². The van der Waals surface area contributed by atoms with Crippen LogP contribution in [0, 0.1) is 0 Å². The van der Waals surface area contributed by atoms with Gasteiger partial charge in [0, 0.05) is 11.9 Å². The molecule has 1 rings (SSSR count). The van der Waals surface area contributed by atoms with Crippen LogP contribution >= 0.6 is 11.6 Å². The molecule has 0 aliphatic heterocycles. The summed E-state index contributed by atoms with van der Waals surface area (Å²) in [5.41, 5.74) is -0.0470. The number of carbonyl (C=O) groups is 1. The number of alkyl halides is 3. The predicted octanol–water partition coefficient (Wildman–Crippen LogP) is 3.14. The minimum Gasteiger partial charge on any atom is -0.273 e. The maximum absolute atomic E-state index is 12.0. The van der Waals surface area contributed by atoms with Crippen molar-refractivity contribution in [3.8, 4) is 0 Å². The molecule has 0 aliphatic rings. The quantitative estimate of drug-likeness (QED) is 0.758. The number of halogens is 4. The van der Waals surface area contributed by atoms with Gasteiger partial charge >= 0.3 is 6.36 Å². The lowest BCUT2D eigenvalue weighted by atomic mass is 10.3. The lowest BCUT2D eigenvalue weighted by molar-refractivity contribution is -0.327. The Labute approximate surface area is 94.3 Å². The van der Waals surface area contributed by atoms with Crippen molar-refractivity contribution in [2.45, 2.75) is 13.3 Å². The van der Waals surface area contributed by atoms with Crippen LogP contribution in [-0.4, -0.2) is 12.3 Å². The molecule has 7 heteroatoms. The van der Waals surface area contributed by atoms with E-state index in [0.717, 1.165) is 6.92 Å². The standard InChI is InChI=1S/C9H7ClF3NO2/c1-6(15)14(16-9(11,12)13)8-4-2-7(10)3-5-8/h2-5H,1H3. The zero-order valence-electron chi connectivity index (χ0n) is 8.08. The van der Waals surface area contributed by atoms with E-state index in [4.69, 9.17) is 11.6 Å². The van der Waals surface area contributed by atoms with Gasteiger partial charge in [-0.25, -0.2) is 0 Å². The monoisotopic (exact) mass is 253 g/mol. The van der Waals surface area contributed by atoms with E-state index in [2.05, 4.69) is 4.84 Å². The largest absolute Gasteiger partial charge is 0.544 e. The summed E-state index contributed by atoms with van der Waals surface area (Å²) in [7, 11) is 0. The third kappa shape index (κ3) is 3.71. The summed E-state index contributed by atoms with van der Waals surface area (Å²) in [6.45, 7) is 0.959. The van der Waals surface area contributed by atoms with E-state index in [1.54, 1.807) is 0 Å². The molecule has 1 aromatic rings. The molecule has 0 spiro atoms. The third-order valence-corrected chi connectivity index (χ3v) is 1.79. The molecular formula is C9H7ClF3NO2. The van der Waals surface area contributed by atoms with Gasteiger partial charge in [0.25, 0.3) is 0 Å². The summed E-state index contributed by atoms with van der Waals surface area (Å²) in [5, 5.41) is 0.496. The molecule has 0 unspecified atom stereocenters. The van der Waals surface area contributed by atoms with E-state index >= 15 is 0 Å². The number of hydrogen-bond donors (Lipinski definition) is 0. The van der Waals surface area contributed by atoms with E-state index in [0.29, 0.717) is 5.02 Å². The Morgan fingerprint density at radius 1 is 1.31 bits per heavy atom. The molecule has 0 aromatic heterocycles. The fourth-order valence-electron chi connectivity index (χ4n) is 0.979. The Bertz CT molecular complexity index is 377. The average Bonchev–Trinajstić information content (AvgIpc) is 2.14. The molecule has 0 saturated heterocycles. The second-order valence-electron chi connectivity index (χ2n) is 2.83. The topological polar surface area (TPSA) is 29.5 Å². The van der Waals surface area contributed by atoms with Crippen molar-refractivity contribution < 1.29 is 22.8 Å². The van der Waals surface area contributed by atoms with Crippen LogP contribution in [0.4, 0.5) is 18.9 Å². The van der Waals surface area contributed by atoms with E-state index in [1.165, 1.54) is 24.3 Å². The fraction of sp³-hybridized carbons (Fsp3) is 0.222. The maximum atomic E-state index is 12.0. The Hall–Kier alpha value is -1.27. The van der Waals surface area contributed by atoms with Gasteiger partial charge in [0.2, 0.25) is 5.91 Å². The highest BCUT2D eigenvalue weighted by Crippen LogP contribution is 2.24. The van der Waals surface area contributed by atoms with Gasteiger partial charge in [-0.1, -0.05) is 11.6 Å². The highest BCUT2D eigenvalue weighted by atomic mass is 35.5. The molecule has 3 nitrogen and oxygen atoms in total. The first-order valence-electron chi connectivity index (χ1n) is 4.12. The molecule has 0 atom stereocenters. The summed E-state index contributed by atoms with van der Waals surface area (Å²) in [5.74, 6) is -0.889. The number of hydroxylamine groups is 1. The first kappa shape index (κ1) is 12.8. The average molecular weight is 254 g/mol. The maximum Gasteiger partial charge on any atom is 0.544 e. The van der Waals surface area contributed by atoms with Crippen LogP contribution in [-0.2, 0) is 9.63 Å². The lowest BCUT2D eigenvalue weighted by Crippen LogP contribution is -2.35. The van der Waals surface area contributed by atoms with Crippen molar-refractivity contribution in [1.29, 1.82) is 0 Å². The lowest BCUT2D eigenvalue weighted by Gasteiger charge is -2.21. The van der Waals surface area contributed by atoms with Gasteiger partial charge in [-0.05, 0) is 24.3 Å². The van der Waals surface area contributed by atoms with E-state index in [1.807, 2.05) is 0 Å². The van der Waals surface area contributed by atoms with Gasteiger partial charge < -0.3 is 0 Å². The number of benzene rings is 1. The minimum absolute atomic E-state index is 0.0470. The first-order valence-corrected chi connectivity index (χ1v) is 4.49. The van der Waals surface area contributed by atoms with Crippen LogP contribution in [0.15, 0.2) is 24.3 Å². The number of amides is 1. The van der Waals surface area contributed by atoms with Gasteiger partial charge in [0.1, 0.15) is 0 Å². The van der Waals surface area contributed by atoms with Crippen LogP contribution in [0.3, 0.4) is 0 Å². The number of anilines is 1. The number of carbonyl (C=O) groups excluding carboxylic acids is 1. The van der Waals surface area contributed by atoms with Crippen LogP contribution in [0.25, 0.3) is 0 Å². The van der Waals surface area contributed by atoms with Crippen LogP contribution in [0.5, 0.6) is 0 Å². The second kappa shape index (κ2) is 4.71. The van der Waals surface area contributed by atoms with Crippen molar-refractivity contribution in [3.05, 3.63) is 29.3 Å². The van der Waals surface area contributed by atoms with Crippen molar-refractivity contribution in [2.75, 3.05) is 5.06 Å². The van der Waals surface area contributed by atoms with E-state index in [-0.39, 0.29) is 10.8 Å². The number of nitrogens with zero attached hydrogens (tertiary/aromatic N) is 1. The molecule has 0 N–H and O–H groups in total. The Morgan fingerprint density at radius 3 is 2.19 bits per heavy atom. The molecule has 0 aliphatic carbocycles. The predicted molar refractivity (Wildman–Crippen MR) is 51.8 cm³/mol. The van der Waals surface area contributed by atoms with Crippen LogP contribution in [0.1, 0.15) is 6.92 Å². The van der Waals surface area contributed by atoms with Crippen molar-refractivity contribution >= 4 is 23.2 Å². The molecule has 1 amide bonds. The zero-order valence-corrected chi connectivity index (χ0v) is 8.84. The zero-order chi connectivity index (χ0) is 12.3. The summed E-state index contributed by atoms with van der Waals surface area (Å²) in [6.07, 6.45) is -4.93. The SMILES string of the molecule is CC(=O)N(OC(F)(F)F)c1ccc(Cl)cc1. The number of hydrogen-bond acceptors (Lipinski definition) is 2. The molecule has 0 heterocycles. The van der Waals surface area contributed by atoms with Gasteiger partial charge in [0.15, 0.2) is 0 Å². The summed E-state index contributed by atoms with van der Waals surface area (Å²) < 4.78 is 36.0. The summed E-state index contributed by atoms with van der Waals surface area (Å²) in [4.78, 5) is 14.5. The van der Waals surface area contributed by atoms with E-state index in [9.17, 15) is 18.0 Å². The molecule has 88 valence electrons. The third-order valence-electron chi connectivity index (χ3n) is 1.54. The molecule has 0 saturated carbocycles. The van der Waals surface area contributed by atoms with E-state index < -0.39 is 12.3 Å². The second-order valence-corrected chi connectivity index (χ2v) is 3.26. The molecule has 1 aromatic carbocycles.